The fraction of sp³-hybridized carbons (Fsp3) is 0.222. The van der Waals surface area contributed by atoms with Crippen LogP contribution in [0.1, 0.15) is 28.8 Å². The Morgan fingerprint density at radius 3 is 2.32 bits per heavy atom. The molecule has 4 heteroatoms. The lowest BCUT2D eigenvalue weighted by Gasteiger charge is -2.19. The van der Waals surface area contributed by atoms with Crippen molar-refractivity contribution in [3.63, 3.8) is 0 Å². The molecule has 0 aromatic heterocycles. The molecule has 0 fully saturated rings. The van der Waals surface area contributed by atoms with Crippen LogP contribution >= 0.6 is 0 Å². The zero-order chi connectivity index (χ0) is 15.9. The Morgan fingerprint density at radius 2 is 1.64 bits per heavy atom. The van der Waals surface area contributed by atoms with Gasteiger partial charge in [-0.25, -0.2) is 4.79 Å². The van der Waals surface area contributed by atoms with Gasteiger partial charge in [0.05, 0.1) is 11.3 Å². The van der Waals surface area contributed by atoms with Crippen molar-refractivity contribution in [2.24, 2.45) is 0 Å². The monoisotopic (exact) mass is 297 g/mol. The number of para-hydroxylation sites is 1. The number of carbonyl (C=O) groups excluding carboxylic acids is 1. The Kier molecular flexibility index (Phi) is 5.31. The maximum Gasteiger partial charge on any atom is 0.337 e. The largest absolute Gasteiger partial charge is 0.478 e. The molecule has 0 spiro atoms. The molecule has 0 aliphatic heterocycles. The van der Waals surface area contributed by atoms with E-state index in [1.54, 1.807) is 25.2 Å². The minimum atomic E-state index is -1.03. The molecule has 0 aliphatic rings. The van der Waals surface area contributed by atoms with Gasteiger partial charge in [-0.15, -0.1) is 0 Å². The van der Waals surface area contributed by atoms with Gasteiger partial charge < -0.3 is 10.0 Å². The first-order chi connectivity index (χ1) is 10.6. The number of rotatable bonds is 6. The fourth-order valence-corrected chi connectivity index (χ4v) is 2.34. The second-order valence-electron chi connectivity index (χ2n) is 5.11. The topological polar surface area (TPSA) is 57.6 Å². The molecule has 0 bridgehead atoms. The third-order valence-corrected chi connectivity index (χ3v) is 3.57. The molecule has 2 aromatic rings. The highest BCUT2D eigenvalue weighted by Gasteiger charge is 2.17. The summed E-state index contributed by atoms with van der Waals surface area (Å²) >= 11 is 0. The van der Waals surface area contributed by atoms with E-state index in [0.29, 0.717) is 12.1 Å². The van der Waals surface area contributed by atoms with E-state index in [9.17, 15) is 14.7 Å². The summed E-state index contributed by atoms with van der Waals surface area (Å²) in [5.74, 6) is -1.11. The number of nitrogens with zero attached hydrogens (tertiary/aromatic N) is 1. The normalized spacial score (nSPS) is 10.2. The molecule has 0 radical (unpaired) electrons. The van der Waals surface area contributed by atoms with Crippen LogP contribution < -0.4 is 4.90 Å². The number of hydrogen-bond acceptors (Lipinski definition) is 2. The number of anilines is 1. The van der Waals surface area contributed by atoms with Crippen molar-refractivity contribution in [3.8, 4) is 0 Å². The molecule has 1 amide bonds. The Morgan fingerprint density at radius 1 is 1.00 bits per heavy atom. The third-order valence-electron chi connectivity index (χ3n) is 3.57. The molecule has 22 heavy (non-hydrogen) atoms. The van der Waals surface area contributed by atoms with Gasteiger partial charge in [0.2, 0.25) is 5.91 Å². The van der Waals surface area contributed by atoms with Crippen LogP contribution in [-0.2, 0) is 11.2 Å². The number of aromatic carboxylic acids is 1. The van der Waals surface area contributed by atoms with Gasteiger partial charge in [0.25, 0.3) is 0 Å². The molecular weight excluding hydrogens is 278 g/mol. The van der Waals surface area contributed by atoms with Crippen LogP contribution in [0, 0.1) is 0 Å². The minimum Gasteiger partial charge on any atom is -0.478 e. The maximum atomic E-state index is 12.2. The second kappa shape index (κ2) is 7.41. The Balaban J connectivity index is 1.96. The summed E-state index contributed by atoms with van der Waals surface area (Å²) < 4.78 is 0. The van der Waals surface area contributed by atoms with Crippen molar-refractivity contribution < 1.29 is 14.7 Å². The predicted molar refractivity (Wildman–Crippen MR) is 86.2 cm³/mol. The smallest absolute Gasteiger partial charge is 0.337 e. The van der Waals surface area contributed by atoms with Crippen molar-refractivity contribution in [3.05, 3.63) is 65.7 Å². The van der Waals surface area contributed by atoms with Gasteiger partial charge in [-0.1, -0.05) is 42.5 Å². The van der Waals surface area contributed by atoms with Crippen LogP contribution in [0.25, 0.3) is 0 Å². The average molecular weight is 297 g/mol. The first-order valence-electron chi connectivity index (χ1n) is 7.22. The highest BCUT2D eigenvalue weighted by Crippen LogP contribution is 2.20. The number of amides is 1. The average Bonchev–Trinajstić information content (AvgIpc) is 2.55. The van der Waals surface area contributed by atoms with Crippen LogP contribution in [0.5, 0.6) is 0 Å². The summed E-state index contributed by atoms with van der Waals surface area (Å²) in [5, 5.41) is 9.18. The molecule has 0 atom stereocenters. The van der Waals surface area contributed by atoms with Crippen molar-refractivity contribution in [2.75, 3.05) is 11.9 Å². The Bertz CT molecular complexity index is 652. The van der Waals surface area contributed by atoms with Crippen molar-refractivity contribution in [1.29, 1.82) is 0 Å². The van der Waals surface area contributed by atoms with E-state index in [0.717, 1.165) is 12.8 Å². The summed E-state index contributed by atoms with van der Waals surface area (Å²) in [6, 6.07) is 16.5. The Hall–Kier alpha value is -2.62. The molecule has 114 valence electrons. The van der Waals surface area contributed by atoms with E-state index in [2.05, 4.69) is 0 Å². The summed E-state index contributed by atoms with van der Waals surface area (Å²) in [4.78, 5) is 24.9. The Labute approximate surface area is 130 Å². The van der Waals surface area contributed by atoms with E-state index in [1.165, 1.54) is 16.5 Å². The molecule has 4 nitrogen and oxygen atoms in total. The lowest BCUT2D eigenvalue weighted by atomic mass is 10.1. The fourth-order valence-electron chi connectivity index (χ4n) is 2.34. The molecule has 0 saturated carbocycles. The first kappa shape index (κ1) is 15.8. The van der Waals surface area contributed by atoms with E-state index >= 15 is 0 Å². The van der Waals surface area contributed by atoms with Crippen molar-refractivity contribution in [2.45, 2.75) is 19.3 Å². The number of carboxylic acid groups (broad SMARTS) is 1. The van der Waals surface area contributed by atoms with Crippen LogP contribution in [-0.4, -0.2) is 24.0 Å². The first-order valence-corrected chi connectivity index (χ1v) is 7.22. The standard InChI is InChI=1S/C18H19NO3/c1-19(16-12-6-5-11-15(16)18(21)22)17(20)13-7-10-14-8-3-2-4-9-14/h2-6,8-9,11-12H,7,10,13H2,1H3,(H,21,22). The van der Waals surface area contributed by atoms with E-state index < -0.39 is 5.97 Å². The van der Waals surface area contributed by atoms with Gasteiger partial charge in [0.15, 0.2) is 0 Å². The van der Waals surface area contributed by atoms with Gasteiger partial charge in [0.1, 0.15) is 0 Å². The van der Waals surface area contributed by atoms with Crippen LogP contribution in [0.15, 0.2) is 54.6 Å². The summed E-state index contributed by atoms with van der Waals surface area (Å²) in [6.07, 6.45) is 1.96. The van der Waals surface area contributed by atoms with Gasteiger partial charge in [0, 0.05) is 13.5 Å². The van der Waals surface area contributed by atoms with Crippen LogP contribution in [0.2, 0.25) is 0 Å². The van der Waals surface area contributed by atoms with Gasteiger partial charge in [-0.2, -0.15) is 0 Å². The zero-order valence-electron chi connectivity index (χ0n) is 12.5. The van der Waals surface area contributed by atoms with Gasteiger partial charge >= 0.3 is 5.97 Å². The highest BCUT2D eigenvalue weighted by atomic mass is 16.4. The molecule has 2 aromatic carbocycles. The predicted octanol–water partition coefficient (Wildman–Crippen LogP) is 3.37. The molecule has 0 saturated heterocycles. The zero-order valence-corrected chi connectivity index (χ0v) is 12.5. The number of hydrogen-bond donors (Lipinski definition) is 1. The van der Waals surface area contributed by atoms with E-state index in [-0.39, 0.29) is 11.5 Å². The van der Waals surface area contributed by atoms with E-state index in [4.69, 9.17) is 0 Å². The highest BCUT2D eigenvalue weighted by molar-refractivity contribution is 6.01. The third kappa shape index (κ3) is 3.95. The maximum absolute atomic E-state index is 12.2. The number of aryl methyl sites for hydroxylation is 1. The second-order valence-corrected chi connectivity index (χ2v) is 5.11. The number of carboxylic acids is 1. The lowest BCUT2D eigenvalue weighted by molar-refractivity contribution is -0.118. The van der Waals surface area contributed by atoms with Gasteiger partial charge in [-0.3, -0.25) is 4.79 Å². The molecule has 0 unspecified atom stereocenters. The van der Waals surface area contributed by atoms with Crippen LogP contribution in [0.3, 0.4) is 0 Å². The lowest BCUT2D eigenvalue weighted by Crippen LogP contribution is -2.27. The molecule has 1 N–H and O–H groups in total. The summed E-state index contributed by atoms with van der Waals surface area (Å²) in [6.45, 7) is 0. The quantitative estimate of drug-likeness (QED) is 0.889. The molecule has 2 rings (SSSR count). The molecular formula is C18H19NO3. The minimum absolute atomic E-state index is 0.0790. The SMILES string of the molecule is CN(C(=O)CCCc1ccccc1)c1ccccc1C(=O)O. The van der Waals surface area contributed by atoms with Crippen LogP contribution in [0.4, 0.5) is 5.69 Å². The summed E-state index contributed by atoms with van der Waals surface area (Å²) in [5.41, 5.74) is 1.77. The summed E-state index contributed by atoms with van der Waals surface area (Å²) in [7, 11) is 1.62. The molecule has 0 heterocycles. The number of benzene rings is 2. The van der Waals surface area contributed by atoms with Gasteiger partial charge in [-0.05, 0) is 30.5 Å². The van der Waals surface area contributed by atoms with E-state index in [1.807, 2.05) is 30.3 Å². The molecule has 0 aliphatic carbocycles. The van der Waals surface area contributed by atoms with Crippen molar-refractivity contribution >= 4 is 17.6 Å². The number of carbonyl (C=O) groups is 2. The van der Waals surface area contributed by atoms with Crippen molar-refractivity contribution in [1.82, 2.24) is 0 Å².